The summed E-state index contributed by atoms with van der Waals surface area (Å²) in [6.45, 7) is 16.2. The van der Waals surface area contributed by atoms with Crippen LogP contribution in [-0.2, 0) is 9.53 Å². The van der Waals surface area contributed by atoms with Gasteiger partial charge in [-0.2, -0.15) is 0 Å². The number of methoxy groups -OCH3 is 1. The van der Waals surface area contributed by atoms with Crippen LogP contribution in [0.5, 0.6) is 0 Å². The maximum absolute atomic E-state index is 13.1. The quantitative estimate of drug-likeness (QED) is 0.652. The van der Waals surface area contributed by atoms with Gasteiger partial charge in [-0.15, -0.1) is 0 Å². The number of nitrogens with zero attached hydrogens (tertiary/aromatic N) is 3. The summed E-state index contributed by atoms with van der Waals surface area (Å²) in [7, 11) is 1.79. The molecule has 5 heteroatoms. The Morgan fingerprint density at radius 3 is 2.32 bits per heavy atom. The van der Waals surface area contributed by atoms with Gasteiger partial charge >= 0.3 is 0 Å². The molecule has 3 aliphatic rings. The maximum Gasteiger partial charge on any atom is 0.227 e. The van der Waals surface area contributed by atoms with E-state index in [0.29, 0.717) is 36.6 Å². The summed E-state index contributed by atoms with van der Waals surface area (Å²) in [5, 5.41) is 0. The largest absolute Gasteiger partial charge is 0.383 e. The Kier molecular flexibility index (Phi) is 7.57. The van der Waals surface area contributed by atoms with Crippen molar-refractivity contribution in [3.8, 4) is 0 Å². The maximum atomic E-state index is 13.1. The smallest absolute Gasteiger partial charge is 0.227 e. The fraction of sp³-hybridized carbons (Fsp3) is 0.870. The predicted octanol–water partition coefficient (Wildman–Crippen LogP) is 3.01. The third-order valence-corrected chi connectivity index (χ3v) is 7.36. The number of allylic oxidation sites excluding steroid dienone is 1. The molecule has 1 aliphatic carbocycles. The summed E-state index contributed by atoms with van der Waals surface area (Å²) >= 11 is 0. The summed E-state index contributed by atoms with van der Waals surface area (Å²) in [6.07, 6.45) is 6.02. The molecular weight excluding hydrogens is 350 g/mol. The lowest BCUT2D eigenvalue weighted by atomic mass is 9.81. The van der Waals surface area contributed by atoms with Crippen LogP contribution in [0.3, 0.4) is 0 Å². The Morgan fingerprint density at radius 2 is 1.75 bits per heavy atom. The fourth-order valence-electron chi connectivity index (χ4n) is 5.51. The molecule has 1 unspecified atom stereocenters. The molecule has 0 aromatic carbocycles. The predicted molar refractivity (Wildman–Crippen MR) is 114 cm³/mol. The number of ether oxygens (including phenoxy) is 1. The molecule has 3 fully saturated rings. The van der Waals surface area contributed by atoms with Crippen LogP contribution in [0.15, 0.2) is 12.2 Å². The van der Waals surface area contributed by atoms with Crippen molar-refractivity contribution >= 4 is 5.91 Å². The zero-order chi connectivity index (χ0) is 20.3. The average Bonchev–Trinajstić information content (AvgIpc) is 3.18. The van der Waals surface area contributed by atoms with Gasteiger partial charge in [0.15, 0.2) is 0 Å². The van der Waals surface area contributed by atoms with Crippen molar-refractivity contribution in [2.75, 3.05) is 46.4 Å². The molecular formula is C23H41N3O2. The Hall–Kier alpha value is -0.910. The van der Waals surface area contributed by atoms with Crippen molar-refractivity contribution in [1.82, 2.24) is 14.7 Å². The van der Waals surface area contributed by atoms with Crippen molar-refractivity contribution in [1.29, 1.82) is 0 Å². The van der Waals surface area contributed by atoms with E-state index in [0.717, 1.165) is 39.1 Å². The van der Waals surface area contributed by atoms with E-state index in [1.54, 1.807) is 7.11 Å². The van der Waals surface area contributed by atoms with Gasteiger partial charge < -0.3 is 14.5 Å². The molecule has 1 amide bonds. The summed E-state index contributed by atoms with van der Waals surface area (Å²) in [5.41, 5.74) is 1.34. The van der Waals surface area contributed by atoms with Crippen LogP contribution in [0.4, 0.5) is 0 Å². The zero-order valence-electron chi connectivity index (χ0n) is 18.5. The lowest BCUT2D eigenvalue weighted by molar-refractivity contribution is -0.140. The zero-order valence-corrected chi connectivity index (χ0v) is 18.5. The molecule has 0 N–H and O–H groups in total. The summed E-state index contributed by atoms with van der Waals surface area (Å²) in [6, 6.07) is 1.50. The van der Waals surface area contributed by atoms with Crippen molar-refractivity contribution in [3.63, 3.8) is 0 Å². The number of rotatable bonds is 6. The minimum absolute atomic E-state index is 0.183. The van der Waals surface area contributed by atoms with E-state index in [9.17, 15) is 4.79 Å². The number of likely N-dealkylation sites (tertiary alicyclic amines) is 1. The summed E-state index contributed by atoms with van der Waals surface area (Å²) in [5.74, 6) is 1.25. The lowest BCUT2D eigenvalue weighted by Crippen LogP contribution is -2.60. The first kappa shape index (κ1) is 21.8. The highest BCUT2D eigenvalue weighted by atomic mass is 16.5. The van der Waals surface area contributed by atoms with Crippen molar-refractivity contribution < 1.29 is 9.53 Å². The molecule has 5 nitrogen and oxygen atoms in total. The standard InChI is InChI=1S/C23H41N3O2/c1-17(2)19-6-8-21(9-7-19)26-13-12-25(15-22(26)16-28-5)23(27)20-10-11-24(14-20)18(3)4/h18-22H,1,6-16H2,2-5H3/t19?,20-,21?,22?/m1/s1. The van der Waals surface area contributed by atoms with Crippen LogP contribution in [0.25, 0.3) is 0 Å². The lowest BCUT2D eigenvalue weighted by Gasteiger charge is -2.47. The molecule has 0 bridgehead atoms. The van der Waals surface area contributed by atoms with E-state index in [1.165, 1.54) is 31.3 Å². The van der Waals surface area contributed by atoms with E-state index < -0.39 is 0 Å². The van der Waals surface area contributed by atoms with Crippen molar-refractivity contribution in [2.45, 2.75) is 71.0 Å². The van der Waals surface area contributed by atoms with Crippen LogP contribution in [0.2, 0.25) is 0 Å². The first-order chi connectivity index (χ1) is 13.4. The van der Waals surface area contributed by atoms with Gasteiger partial charge in [0.1, 0.15) is 0 Å². The first-order valence-corrected chi connectivity index (χ1v) is 11.3. The number of amides is 1. The van der Waals surface area contributed by atoms with Gasteiger partial charge in [-0.1, -0.05) is 12.2 Å². The molecule has 2 aliphatic heterocycles. The Bertz CT molecular complexity index is 542. The molecule has 160 valence electrons. The number of carbonyl (C=O) groups is 1. The third kappa shape index (κ3) is 4.98. The summed E-state index contributed by atoms with van der Waals surface area (Å²) in [4.78, 5) is 20.4. The molecule has 2 saturated heterocycles. The second-order valence-corrected chi connectivity index (χ2v) is 9.56. The van der Waals surface area contributed by atoms with Crippen LogP contribution < -0.4 is 0 Å². The Labute approximate surface area is 172 Å². The molecule has 0 spiro atoms. The van der Waals surface area contributed by atoms with Crippen LogP contribution in [0.1, 0.15) is 52.9 Å². The monoisotopic (exact) mass is 391 g/mol. The van der Waals surface area contributed by atoms with Gasteiger partial charge in [0.05, 0.1) is 18.6 Å². The minimum atomic E-state index is 0.183. The second-order valence-electron chi connectivity index (χ2n) is 9.56. The first-order valence-electron chi connectivity index (χ1n) is 11.3. The molecule has 1 saturated carbocycles. The highest BCUT2D eigenvalue weighted by Crippen LogP contribution is 2.33. The second kappa shape index (κ2) is 9.73. The van der Waals surface area contributed by atoms with Crippen molar-refractivity contribution in [3.05, 3.63) is 12.2 Å². The van der Waals surface area contributed by atoms with E-state index >= 15 is 0 Å². The third-order valence-electron chi connectivity index (χ3n) is 7.36. The average molecular weight is 392 g/mol. The van der Waals surface area contributed by atoms with Crippen LogP contribution >= 0.6 is 0 Å². The van der Waals surface area contributed by atoms with E-state index in [1.807, 2.05) is 0 Å². The Balaban J connectivity index is 1.57. The SMILES string of the molecule is C=C(C)C1CCC(N2CCN(C(=O)[C@@H]3CCN(C(C)C)C3)CC2COC)CC1. The van der Waals surface area contributed by atoms with E-state index in [2.05, 4.69) is 42.0 Å². The molecule has 0 radical (unpaired) electrons. The van der Waals surface area contributed by atoms with E-state index in [4.69, 9.17) is 4.74 Å². The topological polar surface area (TPSA) is 36.0 Å². The number of piperazine rings is 1. The Morgan fingerprint density at radius 1 is 1.04 bits per heavy atom. The van der Waals surface area contributed by atoms with Gasteiger partial charge in [0.25, 0.3) is 0 Å². The molecule has 2 heterocycles. The fourth-order valence-corrected chi connectivity index (χ4v) is 5.51. The highest BCUT2D eigenvalue weighted by Gasteiger charge is 2.38. The molecule has 0 aromatic heterocycles. The van der Waals surface area contributed by atoms with Gasteiger partial charge in [0.2, 0.25) is 5.91 Å². The van der Waals surface area contributed by atoms with Crippen LogP contribution in [-0.4, -0.2) is 85.2 Å². The number of hydrogen-bond acceptors (Lipinski definition) is 4. The highest BCUT2D eigenvalue weighted by molar-refractivity contribution is 5.79. The summed E-state index contributed by atoms with van der Waals surface area (Å²) < 4.78 is 5.56. The molecule has 3 rings (SSSR count). The normalized spacial score (nSPS) is 32.8. The number of hydrogen-bond donors (Lipinski definition) is 0. The molecule has 0 aromatic rings. The molecule has 2 atom stereocenters. The van der Waals surface area contributed by atoms with Gasteiger partial charge in [-0.05, 0) is 65.3 Å². The van der Waals surface area contributed by atoms with Crippen LogP contribution in [0, 0.1) is 11.8 Å². The van der Waals surface area contributed by atoms with E-state index in [-0.39, 0.29) is 5.92 Å². The number of carbonyl (C=O) groups excluding carboxylic acids is 1. The van der Waals surface area contributed by atoms with Crippen molar-refractivity contribution in [2.24, 2.45) is 11.8 Å². The minimum Gasteiger partial charge on any atom is -0.383 e. The van der Waals surface area contributed by atoms with Gasteiger partial charge in [-0.25, -0.2) is 0 Å². The van der Waals surface area contributed by atoms with Gasteiger partial charge in [-0.3, -0.25) is 9.69 Å². The molecule has 28 heavy (non-hydrogen) atoms. The van der Waals surface area contributed by atoms with Gasteiger partial charge in [0, 0.05) is 45.4 Å².